The van der Waals surface area contributed by atoms with Crippen molar-refractivity contribution in [1.29, 1.82) is 0 Å². The number of halogens is 1. The van der Waals surface area contributed by atoms with Crippen LogP contribution in [0, 0.1) is 6.92 Å². The molecule has 24 heavy (non-hydrogen) atoms. The molecule has 7 heteroatoms. The highest BCUT2D eigenvalue weighted by atomic mass is 35.5. The number of rotatable bonds is 4. The van der Waals surface area contributed by atoms with Crippen LogP contribution < -0.4 is 9.47 Å². The third-order valence-electron chi connectivity index (χ3n) is 3.79. The summed E-state index contributed by atoms with van der Waals surface area (Å²) in [6.07, 6.45) is 0. The molecule has 1 heterocycles. The summed E-state index contributed by atoms with van der Waals surface area (Å²) in [5.41, 5.74) is 1.72. The van der Waals surface area contributed by atoms with E-state index in [1.54, 1.807) is 24.3 Å². The molecule has 0 fully saturated rings. The molecule has 1 aliphatic rings. The molecule has 1 aliphatic heterocycles. The number of fused-ring (bicyclic) bond motifs is 1. The summed E-state index contributed by atoms with van der Waals surface area (Å²) < 4.78 is 37.8. The molecule has 128 valence electrons. The van der Waals surface area contributed by atoms with Gasteiger partial charge >= 0.3 is 0 Å². The summed E-state index contributed by atoms with van der Waals surface area (Å²) in [6, 6.07) is 10.3. The second kappa shape index (κ2) is 6.63. The Balaban J connectivity index is 1.84. The molecule has 5 nitrogen and oxygen atoms in total. The Morgan fingerprint density at radius 3 is 2.50 bits per heavy atom. The van der Waals surface area contributed by atoms with Gasteiger partial charge in [-0.25, -0.2) is 8.42 Å². The summed E-state index contributed by atoms with van der Waals surface area (Å²) in [5, 5.41) is 0.226. The van der Waals surface area contributed by atoms with Crippen LogP contribution in [-0.4, -0.2) is 33.0 Å². The van der Waals surface area contributed by atoms with Gasteiger partial charge in [-0.1, -0.05) is 23.7 Å². The third-order valence-corrected chi connectivity index (χ3v) is 6.07. The maximum atomic E-state index is 12.7. The van der Waals surface area contributed by atoms with Crippen LogP contribution in [0.3, 0.4) is 0 Å². The molecule has 0 saturated carbocycles. The van der Waals surface area contributed by atoms with Crippen molar-refractivity contribution in [3.63, 3.8) is 0 Å². The van der Waals surface area contributed by atoms with Gasteiger partial charge in [0.25, 0.3) is 0 Å². The fraction of sp³-hybridized carbons (Fsp3) is 0.294. The Morgan fingerprint density at radius 1 is 1.08 bits per heavy atom. The number of nitrogens with zero attached hydrogens (tertiary/aromatic N) is 1. The molecule has 2 aromatic carbocycles. The number of aryl methyl sites for hydroxylation is 1. The molecule has 0 atom stereocenters. The molecule has 3 rings (SSSR count). The maximum Gasteiger partial charge on any atom is 0.244 e. The number of benzene rings is 2. The molecule has 2 aromatic rings. The molecule has 0 aromatic heterocycles. The first-order valence-corrected chi connectivity index (χ1v) is 9.31. The predicted molar refractivity (Wildman–Crippen MR) is 92.3 cm³/mol. The first kappa shape index (κ1) is 17.1. The highest BCUT2D eigenvalue weighted by molar-refractivity contribution is 7.89. The Labute approximate surface area is 146 Å². The van der Waals surface area contributed by atoms with E-state index in [0.717, 1.165) is 11.1 Å². The molecule has 0 bridgehead atoms. The zero-order valence-electron chi connectivity index (χ0n) is 13.5. The van der Waals surface area contributed by atoms with Crippen molar-refractivity contribution >= 4 is 21.6 Å². The highest BCUT2D eigenvalue weighted by Gasteiger charge is 2.24. The second-order valence-corrected chi connectivity index (χ2v) is 8.09. The Bertz CT molecular complexity index is 867. The second-order valence-electron chi connectivity index (χ2n) is 5.67. The standard InChI is InChI=1S/C17H18ClNO4S/c1-12-3-6-17(14(18)9-12)24(20,21)19(2)11-13-4-5-15-16(10-13)23-8-7-22-15/h3-6,9-10H,7-8,11H2,1-2H3. The largest absolute Gasteiger partial charge is 0.486 e. The van der Waals surface area contributed by atoms with E-state index in [-0.39, 0.29) is 16.5 Å². The molecule has 0 amide bonds. The van der Waals surface area contributed by atoms with Gasteiger partial charge in [-0.15, -0.1) is 0 Å². The summed E-state index contributed by atoms with van der Waals surface area (Å²) >= 11 is 6.11. The lowest BCUT2D eigenvalue weighted by Crippen LogP contribution is -2.27. The molecule has 0 spiro atoms. The van der Waals surface area contributed by atoms with Gasteiger partial charge in [0.1, 0.15) is 18.1 Å². The van der Waals surface area contributed by atoms with Gasteiger partial charge in [0.15, 0.2) is 11.5 Å². The van der Waals surface area contributed by atoms with Gasteiger partial charge in [0.05, 0.1) is 5.02 Å². The average molecular weight is 368 g/mol. The van der Waals surface area contributed by atoms with E-state index in [0.29, 0.717) is 24.7 Å². The average Bonchev–Trinajstić information content (AvgIpc) is 2.54. The maximum absolute atomic E-state index is 12.7. The summed E-state index contributed by atoms with van der Waals surface area (Å²) in [5.74, 6) is 1.31. The number of ether oxygens (including phenoxy) is 2. The third kappa shape index (κ3) is 3.36. The van der Waals surface area contributed by atoms with E-state index in [1.165, 1.54) is 17.4 Å². The van der Waals surface area contributed by atoms with Crippen molar-refractivity contribution in [3.8, 4) is 11.5 Å². The van der Waals surface area contributed by atoms with Crippen LogP contribution in [0.1, 0.15) is 11.1 Å². The van der Waals surface area contributed by atoms with Crippen molar-refractivity contribution in [3.05, 3.63) is 52.5 Å². The minimum atomic E-state index is -3.68. The Morgan fingerprint density at radius 2 is 1.79 bits per heavy atom. The Hall–Kier alpha value is -1.76. The zero-order valence-corrected chi connectivity index (χ0v) is 15.0. The Kier molecular flexibility index (Phi) is 4.71. The normalized spacial score (nSPS) is 14.0. The lowest BCUT2D eigenvalue weighted by atomic mass is 10.2. The monoisotopic (exact) mass is 367 g/mol. The van der Waals surface area contributed by atoms with Gasteiger partial charge in [0, 0.05) is 13.6 Å². The summed E-state index contributed by atoms with van der Waals surface area (Å²) in [7, 11) is -2.15. The van der Waals surface area contributed by atoms with E-state index in [1.807, 2.05) is 13.0 Å². The fourth-order valence-corrected chi connectivity index (χ4v) is 4.24. The molecule has 0 N–H and O–H groups in total. The van der Waals surface area contributed by atoms with E-state index >= 15 is 0 Å². The van der Waals surface area contributed by atoms with Gasteiger partial charge in [-0.05, 0) is 42.3 Å². The van der Waals surface area contributed by atoms with E-state index in [9.17, 15) is 8.42 Å². The molecule has 0 aliphatic carbocycles. The van der Waals surface area contributed by atoms with Crippen LogP contribution >= 0.6 is 11.6 Å². The van der Waals surface area contributed by atoms with Crippen LogP contribution in [0.2, 0.25) is 5.02 Å². The quantitative estimate of drug-likeness (QED) is 0.832. The van der Waals surface area contributed by atoms with Gasteiger partial charge in [0.2, 0.25) is 10.0 Å². The van der Waals surface area contributed by atoms with E-state index in [2.05, 4.69) is 0 Å². The highest BCUT2D eigenvalue weighted by Crippen LogP contribution is 2.32. The smallest absolute Gasteiger partial charge is 0.244 e. The first-order valence-electron chi connectivity index (χ1n) is 7.49. The fourth-order valence-electron chi connectivity index (χ4n) is 2.51. The minimum absolute atomic E-state index is 0.106. The van der Waals surface area contributed by atoms with Gasteiger partial charge < -0.3 is 9.47 Å². The van der Waals surface area contributed by atoms with Crippen LogP contribution in [-0.2, 0) is 16.6 Å². The number of hydrogen-bond donors (Lipinski definition) is 0. The van der Waals surface area contributed by atoms with Crippen LogP contribution in [0.15, 0.2) is 41.3 Å². The van der Waals surface area contributed by atoms with Crippen LogP contribution in [0.5, 0.6) is 11.5 Å². The molecule has 0 unspecified atom stereocenters. The summed E-state index contributed by atoms with van der Waals surface area (Å²) in [6.45, 7) is 3.08. The first-order chi connectivity index (χ1) is 11.4. The number of hydrogen-bond acceptors (Lipinski definition) is 4. The summed E-state index contributed by atoms with van der Waals surface area (Å²) in [4.78, 5) is 0.106. The van der Waals surface area contributed by atoms with Crippen molar-refractivity contribution in [2.45, 2.75) is 18.4 Å². The topological polar surface area (TPSA) is 55.8 Å². The lowest BCUT2D eigenvalue weighted by molar-refractivity contribution is 0.171. The van der Waals surface area contributed by atoms with Crippen molar-refractivity contribution in [1.82, 2.24) is 4.31 Å². The molecular weight excluding hydrogens is 350 g/mol. The van der Waals surface area contributed by atoms with E-state index < -0.39 is 10.0 Å². The minimum Gasteiger partial charge on any atom is -0.486 e. The van der Waals surface area contributed by atoms with Gasteiger partial charge in [-0.2, -0.15) is 4.31 Å². The van der Waals surface area contributed by atoms with Crippen molar-refractivity contribution < 1.29 is 17.9 Å². The molecular formula is C17H18ClNO4S. The van der Waals surface area contributed by atoms with Crippen molar-refractivity contribution in [2.75, 3.05) is 20.3 Å². The lowest BCUT2D eigenvalue weighted by Gasteiger charge is -2.21. The SMILES string of the molecule is Cc1ccc(S(=O)(=O)N(C)Cc2ccc3c(c2)OCCO3)c(Cl)c1. The molecule has 0 saturated heterocycles. The number of sulfonamides is 1. The molecule has 0 radical (unpaired) electrons. The van der Waals surface area contributed by atoms with Gasteiger partial charge in [-0.3, -0.25) is 0 Å². The zero-order chi connectivity index (χ0) is 17.3. The van der Waals surface area contributed by atoms with Crippen LogP contribution in [0.25, 0.3) is 0 Å². The van der Waals surface area contributed by atoms with Crippen LogP contribution in [0.4, 0.5) is 0 Å². The van der Waals surface area contributed by atoms with Crippen molar-refractivity contribution in [2.24, 2.45) is 0 Å². The van der Waals surface area contributed by atoms with E-state index in [4.69, 9.17) is 21.1 Å². The predicted octanol–water partition coefficient (Wildman–Crippen LogP) is 3.24.